The van der Waals surface area contributed by atoms with Gasteiger partial charge in [0.15, 0.2) is 0 Å². The van der Waals surface area contributed by atoms with E-state index in [4.69, 9.17) is 5.11 Å². The number of carboxylic acid groups (broad SMARTS) is 1. The molecule has 1 aromatic heterocycles. The topological polar surface area (TPSA) is 79.3 Å². The Morgan fingerprint density at radius 3 is 2.72 bits per heavy atom. The van der Waals surface area contributed by atoms with E-state index in [1.165, 1.54) is 11.3 Å². The molecule has 2 N–H and O–H groups in total. The first kappa shape index (κ1) is 13.0. The molecule has 0 aliphatic heterocycles. The van der Waals surface area contributed by atoms with E-state index < -0.39 is 11.4 Å². The van der Waals surface area contributed by atoms with E-state index in [9.17, 15) is 9.59 Å². The van der Waals surface area contributed by atoms with E-state index >= 15 is 0 Å². The number of aliphatic carboxylic acids is 1. The number of nitrogens with zero attached hydrogens (tertiary/aromatic N) is 1. The van der Waals surface area contributed by atoms with Gasteiger partial charge >= 0.3 is 5.97 Å². The molecular weight excluding hydrogens is 252 g/mol. The van der Waals surface area contributed by atoms with Crippen molar-refractivity contribution in [2.45, 2.75) is 39.2 Å². The van der Waals surface area contributed by atoms with Gasteiger partial charge in [0, 0.05) is 17.5 Å². The number of hydrogen-bond donors (Lipinski definition) is 2. The van der Waals surface area contributed by atoms with Crippen LogP contribution >= 0.6 is 11.3 Å². The van der Waals surface area contributed by atoms with Crippen molar-refractivity contribution < 1.29 is 14.7 Å². The molecule has 18 heavy (non-hydrogen) atoms. The first-order chi connectivity index (χ1) is 8.52. The smallest absolute Gasteiger partial charge is 0.310 e. The second-order valence-corrected chi connectivity index (χ2v) is 6.06. The van der Waals surface area contributed by atoms with Gasteiger partial charge < -0.3 is 10.4 Å². The maximum absolute atomic E-state index is 11.7. The fourth-order valence-electron chi connectivity index (χ4n) is 2.11. The van der Waals surface area contributed by atoms with Crippen molar-refractivity contribution >= 4 is 23.2 Å². The van der Waals surface area contributed by atoms with E-state index in [-0.39, 0.29) is 12.3 Å². The molecule has 1 fully saturated rings. The summed E-state index contributed by atoms with van der Waals surface area (Å²) in [6.07, 6.45) is 3.93. The van der Waals surface area contributed by atoms with Gasteiger partial charge in [-0.15, -0.1) is 11.3 Å². The molecule has 6 heteroatoms. The van der Waals surface area contributed by atoms with E-state index in [1.807, 2.05) is 6.92 Å². The lowest BCUT2D eigenvalue weighted by atomic mass is 9.66. The number of thiazole rings is 1. The Labute approximate surface area is 109 Å². The van der Waals surface area contributed by atoms with Gasteiger partial charge in [0.25, 0.3) is 0 Å². The number of carboxylic acids is 1. The molecule has 0 bridgehead atoms. The van der Waals surface area contributed by atoms with Crippen LogP contribution in [0.25, 0.3) is 0 Å². The van der Waals surface area contributed by atoms with Crippen molar-refractivity contribution in [2.75, 3.05) is 0 Å². The third kappa shape index (κ3) is 2.69. The summed E-state index contributed by atoms with van der Waals surface area (Å²) in [6, 6.07) is 0. The molecular formula is C12H16N2O3S. The highest BCUT2D eigenvalue weighted by Crippen LogP contribution is 2.44. The lowest BCUT2D eigenvalue weighted by molar-refractivity contribution is -0.157. The van der Waals surface area contributed by atoms with Crippen LogP contribution in [0.4, 0.5) is 0 Å². The molecule has 1 amide bonds. The molecule has 0 saturated heterocycles. The zero-order valence-electron chi connectivity index (χ0n) is 10.2. The van der Waals surface area contributed by atoms with Crippen molar-refractivity contribution in [3.63, 3.8) is 0 Å². The largest absolute Gasteiger partial charge is 0.481 e. The van der Waals surface area contributed by atoms with Crippen LogP contribution in [0.15, 0.2) is 6.20 Å². The molecule has 1 heterocycles. The van der Waals surface area contributed by atoms with Gasteiger partial charge in [-0.1, -0.05) is 6.42 Å². The van der Waals surface area contributed by atoms with Gasteiger partial charge in [-0.2, -0.15) is 0 Å². The van der Waals surface area contributed by atoms with Crippen LogP contribution in [0.1, 0.15) is 35.6 Å². The highest BCUT2D eigenvalue weighted by Gasteiger charge is 2.45. The van der Waals surface area contributed by atoms with Crippen LogP contribution in [0.3, 0.4) is 0 Å². The molecule has 0 spiro atoms. The van der Waals surface area contributed by atoms with Crippen LogP contribution < -0.4 is 5.32 Å². The SMILES string of the molecule is Cc1ncc(CNC(=O)CC2(C(=O)O)CCC2)s1. The molecule has 1 saturated carbocycles. The first-order valence-corrected chi connectivity index (χ1v) is 6.75. The van der Waals surface area contributed by atoms with Gasteiger partial charge in [0.05, 0.1) is 17.0 Å². The Balaban J connectivity index is 1.83. The zero-order chi connectivity index (χ0) is 13.2. The zero-order valence-corrected chi connectivity index (χ0v) is 11.0. The Morgan fingerprint density at radius 2 is 2.28 bits per heavy atom. The standard InChI is InChI=1S/C12H16N2O3S/c1-8-13-6-9(18-8)7-14-10(15)5-12(11(16)17)3-2-4-12/h6H,2-5,7H2,1H3,(H,14,15)(H,16,17). The maximum atomic E-state index is 11.7. The fraction of sp³-hybridized carbons (Fsp3) is 0.583. The summed E-state index contributed by atoms with van der Waals surface area (Å²) in [7, 11) is 0. The van der Waals surface area contributed by atoms with Gasteiger partial charge in [-0.25, -0.2) is 4.98 Å². The molecule has 1 aliphatic carbocycles. The summed E-state index contributed by atoms with van der Waals surface area (Å²) in [4.78, 5) is 28.0. The van der Waals surface area contributed by atoms with Crippen LogP contribution in [-0.2, 0) is 16.1 Å². The summed E-state index contributed by atoms with van der Waals surface area (Å²) in [5.74, 6) is -1.04. The van der Waals surface area contributed by atoms with E-state index in [1.54, 1.807) is 6.20 Å². The fourth-order valence-corrected chi connectivity index (χ4v) is 2.85. The third-order valence-corrected chi connectivity index (χ3v) is 4.30. The molecule has 98 valence electrons. The number of rotatable bonds is 5. The number of aromatic nitrogens is 1. The molecule has 0 radical (unpaired) electrons. The van der Waals surface area contributed by atoms with E-state index in [0.717, 1.165) is 16.3 Å². The Hall–Kier alpha value is -1.43. The highest BCUT2D eigenvalue weighted by molar-refractivity contribution is 7.11. The number of nitrogens with one attached hydrogen (secondary N) is 1. The number of hydrogen-bond acceptors (Lipinski definition) is 4. The van der Waals surface area contributed by atoms with Crippen LogP contribution in [0.2, 0.25) is 0 Å². The highest BCUT2D eigenvalue weighted by atomic mass is 32.1. The maximum Gasteiger partial charge on any atom is 0.310 e. The Morgan fingerprint density at radius 1 is 1.56 bits per heavy atom. The lowest BCUT2D eigenvalue weighted by Gasteiger charge is -2.36. The third-order valence-electron chi connectivity index (χ3n) is 3.39. The second kappa shape index (κ2) is 5.06. The second-order valence-electron chi connectivity index (χ2n) is 4.74. The lowest BCUT2D eigenvalue weighted by Crippen LogP contribution is -2.42. The van der Waals surface area contributed by atoms with Crippen molar-refractivity contribution in [1.29, 1.82) is 0 Å². The van der Waals surface area contributed by atoms with Crippen LogP contribution in [0, 0.1) is 12.3 Å². The Bertz CT molecular complexity index is 466. The van der Waals surface area contributed by atoms with Gasteiger partial charge in [0.2, 0.25) is 5.91 Å². The monoisotopic (exact) mass is 268 g/mol. The minimum Gasteiger partial charge on any atom is -0.481 e. The van der Waals surface area contributed by atoms with E-state index in [2.05, 4.69) is 10.3 Å². The molecule has 0 atom stereocenters. The normalized spacial score (nSPS) is 16.9. The molecule has 0 aromatic carbocycles. The number of aryl methyl sites for hydroxylation is 1. The minimum absolute atomic E-state index is 0.0835. The number of carbonyl (C=O) groups excluding carboxylic acids is 1. The van der Waals surface area contributed by atoms with Crippen molar-refractivity contribution in [3.05, 3.63) is 16.1 Å². The average Bonchev–Trinajstić information content (AvgIpc) is 2.66. The summed E-state index contributed by atoms with van der Waals surface area (Å²) < 4.78 is 0. The number of carbonyl (C=O) groups is 2. The molecule has 1 aromatic rings. The minimum atomic E-state index is -0.850. The summed E-state index contributed by atoms with van der Waals surface area (Å²) in [5, 5.41) is 12.9. The van der Waals surface area contributed by atoms with E-state index in [0.29, 0.717) is 19.4 Å². The Kier molecular flexibility index (Phi) is 3.65. The predicted molar refractivity (Wildman–Crippen MR) is 67.2 cm³/mol. The van der Waals surface area contributed by atoms with Crippen molar-refractivity contribution in [2.24, 2.45) is 5.41 Å². The number of amides is 1. The predicted octanol–water partition coefficient (Wildman–Crippen LogP) is 1.71. The summed E-state index contributed by atoms with van der Waals surface area (Å²) in [5.41, 5.74) is -0.812. The molecule has 0 unspecified atom stereocenters. The van der Waals surface area contributed by atoms with Crippen LogP contribution in [-0.4, -0.2) is 22.0 Å². The van der Waals surface area contributed by atoms with Gasteiger partial charge in [-0.05, 0) is 19.8 Å². The summed E-state index contributed by atoms with van der Waals surface area (Å²) >= 11 is 1.53. The quantitative estimate of drug-likeness (QED) is 0.852. The first-order valence-electron chi connectivity index (χ1n) is 5.93. The average molecular weight is 268 g/mol. The molecule has 1 aliphatic rings. The molecule has 5 nitrogen and oxygen atoms in total. The van der Waals surface area contributed by atoms with Gasteiger partial charge in [-0.3, -0.25) is 9.59 Å². The van der Waals surface area contributed by atoms with Gasteiger partial charge in [0.1, 0.15) is 0 Å². The molecule has 2 rings (SSSR count). The van der Waals surface area contributed by atoms with Crippen molar-refractivity contribution in [3.8, 4) is 0 Å². The van der Waals surface area contributed by atoms with Crippen LogP contribution in [0.5, 0.6) is 0 Å². The van der Waals surface area contributed by atoms with Crippen molar-refractivity contribution in [1.82, 2.24) is 10.3 Å². The summed E-state index contributed by atoms with van der Waals surface area (Å²) in [6.45, 7) is 2.34.